The third kappa shape index (κ3) is 1.46. The van der Waals surface area contributed by atoms with E-state index in [0.717, 1.165) is 11.8 Å². The fourth-order valence-electron chi connectivity index (χ4n) is 1.91. The van der Waals surface area contributed by atoms with Crippen molar-refractivity contribution in [1.82, 2.24) is 0 Å². The Balaban J connectivity index is 2.00. The lowest BCUT2D eigenvalue weighted by atomic mass is 9.96. The molecule has 3 atom stereocenters. The molecule has 2 aliphatic rings. The van der Waals surface area contributed by atoms with Crippen molar-refractivity contribution in [2.24, 2.45) is 17.8 Å². The van der Waals surface area contributed by atoms with Crippen molar-refractivity contribution in [3.05, 3.63) is 24.3 Å². The van der Waals surface area contributed by atoms with Crippen LogP contribution in [0.4, 0.5) is 0 Å². The maximum absolute atomic E-state index is 3.29. The summed E-state index contributed by atoms with van der Waals surface area (Å²) in [7, 11) is 0. The SMILES string of the molecule is C/C=C\C#CC1C=CCC2CC12. The first-order valence-corrected chi connectivity index (χ1v) is 4.70. The highest BCUT2D eigenvalue weighted by Gasteiger charge is 2.42. The first kappa shape index (κ1) is 7.68. The Hall–Kier alpha value is -0.960. The molecule has 0 amide bonds. The molecule has 0 aromatic carbocycles. The van der Waals surface area contributed by atoms with Gasteiger partial charge in [-0.15, -0.1) is 0 Å². The van der Waals surface area contributed by atoms with Gasteiger partial charge in [-0.25, -0.2) is 0 Å². The fraction of sp³-hybridized carbons (Fsp3) is 0.500. The molecule has 0 heterocycles. The lowest BCUT2D eigenvalue weighted by molar-refractivity contribution is 0.606. The molecule has 2 rings (SSSR count). The first-order valence-electron chi connectivity index (χ1n) is 4.70. The minimum atomic E-state index is 0.556. The highest BCUT2D eigenvalue weighted by molar-refractivity contribution is 5.24. The number of fused-ring (bicyclic) bond motifs is 1. The van der Waals surface area contributed by atoms with E-state index in [0.29, 0.717) is 5.92 Å². The largest absolute Gasteiger partial charge is 0.0907 e. The summed E-state index contributed by atoms with van der Waals surface area (Å²) in [5, 5.41) is 0. The smallest absolute Gasteiger partial charge is 0.0417 e. The maximum Gasteiger partial charge on any atom is 0.0417 e. The van der Waals surface area contributed by atoms with Gasteiger partial charge in [0.1, 0.15) is 0 Å². The topological polar surface area (TPSA) is 0 Å². The van der Waals surface area contributed by atoms with Crippen LogP contribution in [0.25, 0.3) is 0 Å². The normalized spacial score (nSPS) is 37.2. The zero-order valence-corrected chi connectivity index (χ0v) is 7.46. The molecule has 2 aliphatic carbocycles. The van der Waals surface area contributed by atoms with E-state index in [1.807, 2.05) is 19.1 Å². The Labute approximate surface area is 74.4 Å². The van der Waals surface area contributed by atoms with E-state index in [4.69, 9.17) is 0 Å². The molecule has 0 spiro atoms. The van der Waals surface area contributed by atoms with E-state index in [1.54, 1.807) is 0 Å². The van der Waals surface area contributed by atoms with Crippen LogP contribution in [-0.2, 0) is 0 Å². The minimum absolute atomic E-state index is 0.556. The van der Waals surface area contributed by atoms with Crippen molar-refractivity contribution < 1.29 is 0 Å². The Kier molecular flexibility index (Phi) is 2.04. The van der Waals surface area contributed by atoms with Gasteiger partial charge in [-0.05, 0) is 37.7 Å². The van der Waals surface area contributed by atoms with Crippen LogP contribution in [-0.4, -0.2) is 0 Å². The summed E-state index contributed by atoms with van der Waals surface area (Å²) < 4.78 is 0. The summed E-state index contributed by atoms with van der Waals surface area (Å²) in [6.45, 7) is 2.01. The van der Waals surface area contributed by atoms with Crippen LogP contribution < -0.4 is 0 Å². The van der Waals surface area contributed by atoms with Crippen molar-refractivity contribution in [2.45, 2.75) is 19.8 Å². The van der Waals surface area contributed by atoms with Crippen LogP contribution in [0.15, 0.2) is 24.3 Å². The van der Waals surface area contributed by atoms with Crippen LogP contribution in [0.5, 0.6) is 0 Å². The van der Waals surface area contributed by atoms with Gasteiger partial charge in [0, 0.05) is 5.92 Å². The van der Waals surface area contributed by atoms with E-state index < -0.39 is 0 Å². The molecule has 0 aromatic heterocycles. The monoisotopic (exact) mass is 158 g/mol. The summed E-state index contributed by atoms with van der Waals surface area (Å²) >= 11 is 0. The summed E-state index contributed by atoms with van der Waals surface area (Å²) in [6.07, 6.45) is 11.2. The summed E-state index contributed by atoms with van der Waals surface area (Å²) in [4.78, 5) is 0. The molecule has 0 aromatic rings. The maximum atomic E-state index is 3.29. The average Bonchev–Trinajstić information content (AvgIpc) is 2.84. The lowest BCUT2D eigenvalue weighted by Crippen LogP contribution is -2.01. The Morgan fingerprint density at radius 2 is 2.42 bits per heavy atom. The molecule has 62 valence electrons. The van der Waals surface area contributed by atoms with Gasteiger partial charge in [-0.1, -0.05) is 30.1 Å². The Bertz CT molecular complexity index is 272. The number of rotatable bonds is 0. The standard InChI is InChI=1S/C12H14/c1-2-3-4-6-10-7-5-8-11-9-12(10)11/h2-3,5,7,10-12H,8-9H2,1H3/b3-2-. The molecule has 12 heavy (non-hydrogen) atoms. The van der Waals surface area contributed by atoms with Crippen LogP contribution in [0, 0.1) is 29.6 Å². The van der Waals surface area contributed by atoms with E-state index in [2.05, 4.69) is 24.0 Å². The van der Waals surface area contributed by atoms with E-state index in [-0.39, 0.29) is 0 Å². The van der Waals surface area contributed by atoms with Gasteiger partial charge in [0.15, 0.2) is 0 Å². The van der Waals surface area contributed by atoms with E-state index in [1.165, 1.54) is 12.8 Å². The second-order valence-corrected chi connectivity index (χ2v) is 3.64. The van der Waals surface area contributed by atoms with Gasteiger partial charge in [-0.3, -0.25) is 0 Å². The average molecular weight is 158 g/mol. The van der Waals surface area contributed by atoms with E-state index in [9.17, 15) is 0 Å². The predicted molar refractivity (Wildman–Crippen MR) is 51.4 cm³/mol. The molecule has 0 aliphatic heterocycles. The number of hydrogen-bond donors (Lipinski definition) is 0. The molecule has 0 heteroatoms. The molecule has 0 radical (unpaired) electrons. The highest BCUT2D eigenvalue weighted by atomic mass is 14.5. The molecule has 0 bridgehead atoms. The predicted octanol–water partition coefficient (Wildman–Crippen LogP) is 2.78. The van der Waals surface area contributed by atoms with Crippen molar-refractivity contribution in [1.29, 1.82) is 0 Å². The molecule has 1 saturated carbocycles. The zero-order valence-electron chi connectivity index (χ0n) is 7.46. The van der Waals surface area contributed by atoms with Crippen molar-refractivity contribution in [3.8, 4) is 11.8 Å². The molecule has 0 N–H and O–H groups in total. The van der Waals surface area contributed by atoms with Crippen molar-refractivity contribution >= 4 is 0 Å². The van der Waals surface area contributed by atoms with Gasteiger partial charge < -0.3 is 0 Å². The van der Waals surface area contributed by atoms with Gasteiger partial charge in [0.2, 0.25) is 0 Å². The zero-order chi connectivity index (χ0) is 8.39. The minimum Gasteiger partial charge on any atom is -0.0907 e. The van der Waals surface area contributed by atoms with Gasteiger partial charge in [0.25, 0.3) is 0 Å². The molecule has 1 fully saturated rings. The van der Waals surface area contributed by atoms with Crippen LogP contribution >= 0.6 is 0 Å². The summed E-state index contributed by atoms with van der Waals surface area (Å²) in [5.74, 6) is 8.79. The van der Waals surface area contributed by atoms with Crippen LogP contribution in [0.3, 0.4) is 0 Å². The number of hydrogen-bond acceptors (Lipinski definition) is 0. The second kappa shape index (κ2) is 3.19. The quantitative estimate of drug-likeness (QED) is 0.375. The van der Waals surface area contributed by atoms with Gasteiger partial charge in [0.05, 0.1) is 0 Å². The molecule has 3 unspecified atom stereocenters. The van der Waals surface area contributed by atoms with Gasteiger partial charge in [-0.2, -0.15) is 0 Å². The van der Waals surface area contributed by atoms with Crippen molar-refractivity contribution in [3.63, 3.8) is 0 Å². The first-order chi connectivity index (χ1) is 5.92. The number of allylic oxidation sites excluding steroid dienone is 4. The fourth-order valence-corrected chi connectivity index (χ4v) is 1.91. The summed E-state index contributed by atoms with van der Waals surface area (Å²) in [6, 6.07) is 0. The van der Waals surface area contributed by atoms with Crippen LogP contribution in [0.2, 0.25) is 0 Å². The Morgan fingerprint density at radius 3 is 3.25 bits per heavy atom. The molecular formula is C12H14. The lowest BCUT2D eigenvalue weighted by Gasteiger charge is -2.07. The molecule has 0 nitrogen and oxygen atoms in total. The third-order valence-corrected chi connectivity index (χ3v) is 2.72. The van der Waals surface area contributed by atoms with Crippen LogP contribution in [0.1, 0.15) is 19.8 Å². The van der Waals surface area contributed by atoms with Crippen molar-refractivity contribution in [2.75, 3.05) is 0 Å². The Morgan fingerprint density at radius 1 is 1.50 bits per heavy atom. The van der Waals surface area contributed by atoms with Gasteiger partial charge >= 0.3 is 0 Å². The van der Waals surface area contributed by atoms with E-state index >= 15 is 0 Å². The second-order valence-electron chi connectivity index (χ2n) is 3.64. The summed E-state index contributed by atoms with van der Waals surface area (Å²) in [5.41, 5.74) is 0. The molecule has 0 saturated heterocycles. The third-order valence-electron chi connectivity index (χ3n) is 2.72. The molecular weight excluding hydrogens is 144 g/mol. The highest BCUT2D eigenvalue weighted by Crippen LogP contribution is 2.49.